The highest BCUT2D eigenvalue weighted by Gasteiger charge is 2.34. The van der Waals surface area contributed by atoms with Gasteiger partial charge in [-0.15, -0.1) is 0 Å². The van der Waals surface area contributed by atoms with Gasteiger partial charge in [0, 0.05) is 18.7 Å². The van der Waals surface area contributed by atoms with E-state index in [-0.39, 0.29) is 5.91 Å². The minimum Gasteiger partial charge on any atom is -0.383 e. The first kappa shape index (κ1) is 17.2. The molecule has 0 aliphatic rings. The molecule has 0 fully saturated rings. The molecule has 1 amide bonds. The predicted octanol–water partition coefficient (Wildman–Crippen LogP) is 4.23. The van der Waals surface area contributed by atoms with Crippen molar-refractivity contribution in [1.82, 2.24) is 9.97 Å². The van der Waals surface area contributed by atoms with Crippen LogP contribution in [-0.2, 0) is 11.0 Å². The van der Waals surface area contributed by atoms with Gasteiger partial charge in [0.15, 0.2) is 5.13 Å². The summed E-state index contributed by atoms with van der Waals surface area (Å²) in [7, 11) is 0. The zero-order chi connectivity index (χ0) is 18.4. The summed E-state index contributed by atoms with van der Waals surface area (Å²) in [6.07, 6.45) is -3.26. The van der Waals surface area contributed by atoms with Crippen LogP contribution in [0.5, 0.6) is 0 Å². The number of carbonyl (C=O) groups is 1. The van der Waals surface area contributed by atoms with Gasteiger partial charge in [0.05, 0.1) is 15.8 Å². The van der Waals surface area contributed by atoms with Crippen molar-refractivity contribution in [2.45, 2.75) is 20.0 Å². The molecule has 25 heavy (non-hydrogen) atoms. The molecule has 0 spiro atoms. The number of hydrogen-bond donors (Lipinski definition) is 2. The Morgan fingerprint density at radius 1 is 1.32 bits per heavy atom. The first-order chi connectivity index (χ1) is 11.7. The predicted molar refractivity (Wildman–Crippen MR) is 91.3 cm³/mol. The van der Waals surface area contributed by atoms with E-state index in [1.165, 1.54) is 24.5 Å². The molecule has 3 rings (SSSR count). The van der Waals surface area contributed by atoms with Gasteiger partial charge >= 0.3 is 6.18 Å². The molecular formula is C16H13F3N4OS. The molecule has 0 radical (unpaired) electrons. The molecule has 2 heterocycles. The molecule has 9 heteroatoms. The number of nitrogens with one attached hydrogen (secondary N) is 1. The van der Waals surface area contributed by atoms with Crippen molar-refractivity contribution in [2.75, 3.05) is 11.1 Å². The minimum absolute atomic E-state index is 0.241. The smallest absolute Gasteiger partial charge is 0.383 e. The van der Waals surface area contributed by atoms with Crippen LogP contribution in [0.3, 0.4) is 0 Å². The lowest BCUT2D eigenvalue weighted by Gasteiger charge is -2.12. The van der Waals surface area contributed by atoms with Crippen molar-refractivity contribution in [3.05, 3.63) is 35.5 Å². The van der Waals surface area contributed by atoms with Crippen molar-refractivity contribution < 1.29 is 18.0 Å². The summed E-state index contributed by atoms with van der Waals surface area (Å²) in [6, 6.07) is 4.37. The topological polar surface area (TPSA) is 80.9 Å². The molecule has 0 unspecified atom stereocenters. The lowest BCUT2D eigenvalue weighted by Crippen LogP contribution is -2.10. The SMILES string of the molecule is CC(=O)Nc1nc2ccc(-c3cnc(N)c(C(F)(F)F)c3)c(C)c2s1. The van der Waals surface area contributed by atoms with Gasteiger partial charge in [0.2, 0.25) is 5.91 Å². The molecule has 3 aromatic rings. The number of nitrogen functional groups attached to an aromatic ring is 1. The van der Waals surface area contributed by atoms with Crippen LogP contribution >= 0.6 is 11.3 Å². The average molecular weight is 366 g/mol. The second-order valence-corrected chi connectivity index (χ2v) is 6.44. The summed E-state index contributed by atoms with van der Waals surface area (Å²) < 4.78 is 39.9. The lowest BCUT2D eigenvalue weighted by molar-refractivity contribution is -0.137. The lowest BCUT2D eigenvalue weighted by atomic mass is 10.00. The first-order valence-electron chi connectivity index (χ1n) is 7.17. The Morgan fingerprint density at radius 2 is 2.04 bits per heavy atom. The third kappa shape index (κ3) is 3.27. The van der Waals surface area contributed by atoms with E-state index in [9.17, 15) is 18.0 Å². The summed E-state index contributed by atoms with van der Waals surface area (Å²) >= 11 is 1.26. The van der Waals surface area contributed by atoms with Crippen LogP contribution in [0.4, 0.5) is 24.1 Å². The van der Waals surface area contributed by atoms with Gasteiger partial charge < -0.3 is 11.1 Å². The number of nitrogens with zero attached hydrogens (tertiary/aromatic N) is 2. The van der Waals surface area contributed by atoms with E-state index < -0.39 is 17.6 Å². The van der Waals surface area contributed by atoms with E-state index in [4.69, 9.17) is 5.73 Å². The molecular weight excluding hydrogens is 353 g/mol. The van der Waals surface area contributed by atoms with E-state index in [1.54, 1.807) is 19.1 Å². The fourth-order valence-electron chi connectivity index (χ4n) is 2.49. The van der Waals surface area contributed by atoms with Crippen molar-refractivity contribution in [3.8, 4) is 11.1 Å². The molecule has 0 atom stereocenters. The van der Waals surface area contributed by atoms with E-state index in [0.29, 0.717) is 21.8 Å². The summed E-state index contributed by atoms with van der Waals surface area (Å²) in [4.78, 5) is 19.1. The van der Waals surface area contributed by atoms with Crippen LogP contribution in [0.2, 0.25) is 0 Å². The van der Waals surface area contributed by atoms with Gasteiger partial charge in [-0.2, -0.15) is 13.2 Å². The number of halogens is 3. The number of thiazole rings is 1. The molecule has 0 saturated carbocycles. The highest BCUT2D eigenvalue weighted by Crippen LogP contribution is 2.38. The Balaban J connectivity index is 2.13. The van der Waals surface area contributed by atoms with E-state index in [2.05, 4.69) is 15.3 Å². The molecule has 2 aromatic heterocycles. The van der Waals surface area contributed by atoms with Gasteiger partial charge in [0.1, 0.15) is 5.82 Å². The number of hydrogen-bond acceptors (Lipinski definition) is 5. The number of amides is 1. The third-order valence-corrected chi connectivity index (χ3v) is 4.73. The number of benzene rings is 1. The minimum atomic E-state index is -4.58. The van der Waals surface area contributed by atoms with Crippen LogP contribution in [-0.4, -0.2) is 15.9 Å². The van der Waals surface area contributed by atoms with Crippen LogP contribution in [0.1, 0.15) is 18.1 Å². The molecule has 3 N–H and O–H groups in total. The number of rotatable bonds is 2. The van der Waals surface area contributed by atoms with E-state index >= 15 is 0 Å². The Kier molecular flexibility index (Phi) is 4.11. The zero-order valence-electron chi connectivity index (χ0n) is 13.2. The second-order valence-electron chi connectivity index (χ2n) is 5.44. The maximum atomic E-state index is 13.1. The van der Waals surface area contributed by atoms with Crippen molar-refractivity contribution in [2.24, 2.45) is 0 Å². The molecule has 0 aliphatic carbocycles. The Labute approximate surface area is 144 Å². The average Bonchev–Trinajstić information content (AvgIpc) is 2.90. The molecule has 130 valence electrons. The normalized spacial score (nSPS) is 11.7. The molecule has 1 aromatic carbocycles. The number of carbonyl (C=O) groups excluding carboxylic acids is 1. The largest absolute Gasteiger partial charge is 0.419 e. The first-order valence-corrected chi connectivity index (χ1v) is 7.99. The molecule has 0 saturated heterocycles. The summed E-state index contributed by atoms with van der Waals surface area (Å²) in [5.41, 5.74) is 6.72. The van der Waals surface area contributed by atoms with Gasteiger partial charge in [-0.25, -0.2) is 9.97 Å². The maximum absolute atomic E-state index is 13.1. The number of fused-ring (bicyclic) bond motifs is 1. The van der Waals surface area contributed by atoms with Crippen molar-refractivity contribution in [1.29, 1.82) is 0 Å². The monoisotopic (exact) mass is 366 g/mol. The number of aryl methyl sites for hydroxylation is 1. The number of alkyl halides is 3. The Hall–Kier alpha value is -2.68. The van der Waals surface area contributed by atoms with E-state index in [0.717, 1.165) is 16.3 Å². The fourth-order valence-corrected chi connectivity index (χ4v) is 3.50. The van der Waals surface area contributed by atoms with Crippen LogP contribution in [0.25, 0.3) is 21.3 Å². The number of aromatic nitrogens is 2. The van der Waals surface area contributed by atoms with Gasteiger partial charge in [-0.1, -0.05) is 17.4 Å². The van der Waals surface area contributed by atoms with Crippen LogP contribution in [0, 0.1) is 6.92 Å². The highest BCUT2D eigenvalue weighted by molar-refractivity contribution is 7.22. The second kappa shape index (κ2) is 5.99. The fraction of sp³-hybridized carbons (Fsp3) is 0.188. The van der Waals surface area contributed by atoms with Crippen molar-refractivity contribution >= 4 is 38.4 Å². The summed E-state index contributed by atoms with van der Waals surface area (Å²) in [5.74, 6) is -0.796. The number of anilines is 2. The van der Waals surface area contributed by atoms with Gasteiger partial charge in [0.25, 0.3) is 0 Å². The molecule has 0 aliphatic heterocycles. The Morgan fingerprint density at radius 3 is 2.68 bits per heavy atom. The molecule has 5 nitrogen and oxygen atoms in total. The Bertz CT molecular complexity index is 981. The zero-order valence-corrected chi connectivity index (χ0v) is 14.0. The maximum Gasteiger partial charge on any atom is 0.419 e. The van der Waals surface area contributed by atoms with Crippen molar-refractivity contribution in [3.63, 3.8) is 0 Å². The molecule has 0 bridgehead atoms. The van der Waals surface area contributed by atoms with Gasteiger partial charge in [-0.3, -0.25) is 4.79 Å². The number of nitrogens with two attached hydrogens (primary N) is 1. The highest BCUT2D eigenvalue weighted by atomic mass is 32.1. The standard InChI is InChI=1S/C16H13F3N4OS/c1-7-10(9-5-11(16(17,18)19)14(20)21-6-9)3-4-12-13(7)25-15(23-12)22-8(2)24/h3-6H,1-2H3,(H2,20,21)(H,22,23,24). The third-order valence-electron chi connectivity index (χ3n) is 3.62. The summed E-state index contributed by atoms with van der Waals surface area (Å²) in [6.45, 7) is 3.17. The number of pyridine rings is 1. The quantitative estimate of drug-likeness (QED) is 0.711. The van der Waals surface area contributed by atoms with Crippen LogP contribution in [0.15, 0.2) is 24.4 Å². The van der Waals surface area contributed by atoms with E-state index in [1.807, 2.05) is 0 Å². The summed E-state index contributed by atoms with van der Waals surface area (Å²) in [5, 5.41) is 3.05. The van der Waals surface area contributed by atoms with Gasteiger partial charge in [-0.05, 0) is 30.2 Å². The van der Waals surface area contributed by atoms with Crippen LogP contribution < -0.4 is 11.1 Å².